The monoisotopic (exact) mass is 260 g/mol. The molecule has 96 valence electrons. The Labute approximate surface area is 100 Å². The number of hydrogen-bond donors (Lipinski definition) is 2. The first-order valence-corrected chi connectivity index (χ1v) is 6.86. The predicted octanol–water partition coefficient (Wildman–Crippen LogP) is -0.147. The standard InChI is InChI=1S/C9H16N4O3S/c1-7-8(2)11-16-9(7)12-17(14,15)13-5-3-10-4-6-13/h10,12H,3-6H2,1-2H3. The lowest BCUT2D eigenvalue weighted by Crippen LogP contribution is -2.48. The van der Waals surface area contributed by atoms with E-state index in [2.05, 4.69) is 15.2 Å². The Morgan fingerprint density at radius 1 is 1.35 bits per heavy atom. The molecular formula is C9H16N4O3S. The summed E-state index contributed by atoms with van der Waals surface area (Å²) in [6.45, 7) is 5.77. The largest absolute Gasteiger partial charge is 0.337 e. The second kappa shape index (κ2) is 4.63. The molecule has 1 saturated heterocycles. The zero-order valence-electron chi connectivity index (χ0n) is 9.86. The van der Waals surface area contributed by atoms with Gasteiger partial charge in [0.15, 0.2) is 0 Å². The van der Waals surface area contributed by atoms with Crippen molar-refractivity contribution in [2.45, 2.75) is 13.8 Å². The van der Waals surface area contributed by atoms with E-state index in [-0.39, 0.29) is 5.88 Å². The first-order valence-electron chi connectivity index (χ1n) is 5.42. The maximum atomic E-state index is 12.0. The molecule has 0 amide bonds. The molecular weight excluding hydrogens is 244 g/mol. The summed E-state index contributed by atoms with van der Waals surface area (Å²) < 4.78 is 32.8. The molecule has 1 aromatic rings. The molecule has 2 N–H and O–H groups in total. The topological polar surface area (TPSA) is 87.5 Å². The van der Waals surface area contributed by atoms with Crippen molar-refractivity contribution in [3.63, 3.8) is 0 Å². The van der Waals surface area contributed by atoms with E-state index in [4.69, 9.17) is 4.52 Å². The zero-order chi connectivity index (χ0) is 12.5. The molecule has 0 saturated carbocycles. The van der Waals surface area contributed by atoms with Crippen LogP contribution in [0.4, 0.5) is 5.88 Å². The van der Waals surface area contributed by atoms with Crippen molar-refractivity contribution in [2.24, 2.45) is 0 Å². The van der Waals surface area contributed by atoms with Crippen LogP contribution < -0.4 is 10.0 Å². The third-order valence-electron chi connectivity index (χ3n) is 2.79. The number of hydrogen-bond acceptors (Lipinski definition) is 5. The van der Waals surface area contributed by atoms with E-state index in [1.165, 1.54) is 4.31 Å². The van der Waals surface area contributed by atoms with Crippen molar-refractivity contribution in [3.8, 4) is 0 Å². The van der Waals surface area contributed by atoms with E-state index in [0.717, 1.165) is 0 Å². The van der Waals surface area contributed by atoms with Gasteiger partial charge in [-0.15, -0.1) is 0 Å². The summed E-state index contributed by atoms with van der Waals surface area (Å²) in [5.74, 6) is 0.195. The summed E-state index contributed by atoms with van der Waals surface area (Å²) in [6, 6.07) is 0. The van der Waals surface area contributed by atoms with Gasteiger partial charge in [0.25, 0.3) is 0 Å². The van der Waals surface area contributed by atoms with Gasteiger partial charge < -0.3 is 9.84 Å². The van der Waals surface area contributed by atoms with Crippen molar-refractivity contribution in [3.05, 3.63) is 11.3 Å². The maximum absolute atomic E-state index is 12.0. The first-order chi connectivity index (χ1) is 8.00. The highest BCUT2D eigenvalue weighted by molar-refractivity contribution is 7.90. The fraction of sp³-hybridized carbons (Fsp3) is 0.667. The van der Waals surface area contributed by atoms with Crippen molar-refractivity contribution in [2.75, 3.05) is 30.9 Å². The Morgan fingerprint density at radius 2 is 2.00 bits per heavy atom. The van der Waals surface area contributed by atoms with Gasteiger partial charge in [-0.3, -0.25) is 0 Å². The van der Waals surface area contributed by atoms with Crippen LogP contribution in [0.1, 0.15) is 11.3 Å². The van der Waals surface area contributed by atoms with Gasteiger partial charge in [0.1, 0.15) is 0 Å². The highest BCUT2D eigenvalue weighted by Gasteiger charge is 2.25. The van der Waals surface area contributed by atoms with Gasteiger partial charge >= 0.3 is 10.2 Å². The van der Waals surface area contributed by atoms with Gasteiger partial charge in [0, 0.05) is 31.7 Å². The third kappa shape index (κ3) is 2.59. The minimum absolute atomic E-state index is 0.195. The number of nitrogens with zero attached hydrogens (tertiary/aromatic N) is 2. The van der Waals surface area contributed by atoms with Crippen LogP contribution in [0.5, 0.6) is 0 Å². The maximum Gasteiger partial charge on any atom is 0.304 e. The van der Waals surface area contributed by atoms with Gasteiger partial charge in [0.05, 0.1) is 5.69 Å². The van der Waals surface area contributed by atoms with Gasteiger partial charge in [-0.1, -0.05) is 5.16 Å². The Kier molecular flexibility index (Phi) is 3.36. The minimum Gasteiger partial charge on any atom is -0.337 e. The molecule has 1 fully saturated rings. The van der Waals surface area contributed by atoms with Crippen LogP contribution in [0.3, 0.4) is 0 Å². The second-order valence-corrected chi connectivity index (χ2v) is 5.65. The van der Waals surface area contributed by atoms with E-state index >= 15 is 0 Å². The molecule has 0 aromatic carbocycles. The Hall–Kier alpha value is -1.12. The van der Waals surface area contributed by atoms with Crippen LogP contribution in [-0.4, -0.2) is 44.1 Å². The Balaban J connectivity index is 2.14. The highest BCUT2D eigenvalue weighted by Crippen LogP contribution is 2.19. The van der Waals surface area contributed by atoms with Crippen molar-refractivity contribution in [1.82, 2.24) is 14.8 Å². The molecule has 8 heteroatoms. The van der Waals surface area contributed by atoms with E-state index in [9.17, 15) is 8.42 Å². The summed E-state index contributed by atoms with van der Waals surface area (Å²) in [6.07, 6.45) is 0. The lowest BCUT2D eigenvalue weighted by atomic mass is 10.3. The van der Waals surface area contributed by atoms with Gasteiger partial charge in [-0.05, 0) is 13.8 Å². The summed E-state index contributed by atoms with van der Waals surface area (Å²) in [5.41, 5.74) is 1.40. The molecule has 0 atom stereocenters. The zero-order valence-corrected chi connectivity index (χ0v) is 10.7. The van der Waals surface area contributed by atoms with Crippen molar-refractivity contribution >= 4 is 16.1 Å². The molecule has 0 unspecified atom stereocenters. The van der Waals surface area contributed by atoms with E-state index < -0.39 is 10.2 Å². The average molecular weight is 260 g/mol. The van der Waals surface area contributed by atoms with Crippen molar-refractivity contribution < 1.29 is 12.9 Å². The molecule has 1 aliphatic heterocycles. The normalized spacial score (nSPS) is 18.2. The predicted molar refractivity (Wildman–Crippen MR) is 63.0 cm³/mol. The average Bonchev–Trinajstić information content (AvgIpc) is 2.62. The van der Waals surface area contributed by atoms with Gasteiger partial charge in [-0.25, -0.2) is 4.72 Å². The summed E-state index contributed by atoms with van der Waals surface area (Å²) >= 11 is 0. The van der Waals surface area contributed by atoms with Crippen LogP contribution in [0.25, 0.3) is 0 Å². The molecule has 2 heterocycles. The van der Waals surface area contributed by atoms with E-state index in [1.54, 1.807) is 13.8 Å². The van der Waals surface area contributed by atoms with Crippen LogP contribution in [-0.2, 0) is 10.2 Å². The van der Waals surface area contributed by atoms with Crippen LogP contribution >= 0.6 is 0 Å². The van der Waals surface area contributed by atoms with Crippen molar-refractivity contribution in [1.29, 1.82) is 0 Å². The molecule has 1 aromatic heterocycles. The molecule has 0 bridgehead atoms. The molecule has 0 aliphatic carbocycles. The lowest BCUT2D eigenvalue weighted by molar-refractivity contribution is 0.361. The van der Waals surface area contributed by atoms with Crippen LogP contribution in [0.15, 0.2) is 4.52 Å². The number of aromatic nitrogens is 1. The molecule has 1 aliphatic rings. The number of aryl methyl sites for hydroxylation is 1. The highest BCUT2D eigenvalue weighted by atomic mass is 32.2. The molecule has 0 radical (unpaired) electrons. The van der Waals surface area contributed by atoms with Crippen LogP contribution in [0, 0.1) is 13.8 Å². The Morgan fingerprint density at radius 3 is 2.53 bits per heavy atom. The molecule has 7 nitrogen and oxygen atoms in total. The summed E-state index contributed by atoms with van der Waals surface area (Å²) in [5, 5.41) is 6.81. The molecule has 0 spiro atoms. The second-order valence-electron chi connectivity index (χ2n) is 3.98. The minimum atomic E-state index is -3.54. The number of piperazine rings is 1. The fourth-order valence-corrected chi connectivity index (χ4v) is 2.79. The van der Waals surface area contributed by atoms with Gasteiger partial charge in [0.2, 0.25) is 5.88 Å². The molecule has 17 heavy (non-hydrogen) atoms. The van der Waals surface area contributed by atoms with Gasteiger partial charge in [-0.2, -0.15) is 12.7 Å². The molecule has 2 rings (SSSR count). The quantitative estimate of drug-likeness (QED) is 0.789. The summed E-state index contributed by atoms with van der Waals surface area (Å²) in [4.78, 5) is 0. The fourth-order valence-electron chi connectivity index (χ4n) is 1.58. The number of anilines is 1. The lowest BCUT2D eigenvalue weighted by Gasteiger charge is -2.26. The SMILES string of the molecule is Cc1noc(NS(=O)(=O)N2CCNCC2)c1C. The summed E-state index contributed by atoms with van der Waals surface area (Å²) in [7, 11) is -3.54. The smallest absolute Gasteiger partial charge is 0.304 e. The third-order valence-corrected chi connectivity index (χ3v) is 4.28. The van der Waals surface area contributed by atoms with E-state index in [1.807, 2.05) is 0 Å². The number of nitrogens with one attached hydrogen (secondary N) is 2. The Bertz CT molecular complexity index is 490. The van der Waals surface area contributed by atoms with E-state index in [0.29, 0.717) is 37.4 Å². The first kappa shape index (κ1) is 12.3. The van der Waals surface area contributed by atoms with Crippen LogP contribution in [0.2, 0.25) is 0 Å². The number of rotatable bonds is 3.